The molecule has 0 amide bonds. The number of hydrogen-bond donors (Lipinski definition) is 3. The number of amidine groups is 1. The third-order valence-corrected chi connectivity index (χ3v) is 2.41. The first kappa shape index (κ1) is 12.9. The van der Waals surface area contributed by atoms with E-state index in [1.54, 1.807) is 0 Å². The van der Waals surface area contributed by atoms with Crippen LogP contribution < -0.4 is 11.1 Å². The molecule has 0 heterocycles. The Balaban J connectivity index is 2.67. The van der Waals surface area contributed by atoms with Gasteiger partial charge in [0.2, 0.25) is 0 Å². The van der Waals surface area contributed by atoms with Crippen LogP contribution >= 0.6 is 23.2 Å². The Morgan fingerprint density at radius 3 is 2.50 bits per heavy atom. The quantitative estimate of drug-likeness (QED) is 0.339. The van der Waals surface area contributed by atoms with Gasteiger partial charge in [0.05, 0.1) is 15.7 Å². The van der Waals surface area contributed by atoms with Crippen molar-refractivity contribution in [3.63, 3.8) is 0 Å². The summed E-state index contributed by atoms with van der Waals surface area (Å²) in [5.74, 6) is -0.418. The first-order valence-corrected chi connectivity index (χ1v) is 5.15. The van der Waals surface area contributed by atoms with Crippen LogP contribution in [0.5, 0.6) is 0 Å². The van der Waals surface area contributed by atoms with Crippen molar-refractivity contribution in [3.05, 3.63) is 28.0 Å². The molecule has 0 fully saturated rings. The Hall–Kier alpha value is -1.20. The molecule has 0 bridgehead atoms. The van der Waals surface area contributed by atoms with Crippen molar-refractivity contribution in [2.24, 2.45) is 10.9 Å². The zero-order chi connectivity index (χ0) is 12.1. The third kappa shape index (κ3) is 3.43. The topological polar surface area (TPSA) is 70.6 Å². The van der Waals surface area contributed by atoms with E-state index in [4.69, 9.17) is 34.1 Å². The number of oxime groups is 1. The molecule has 1 aromatic carbocycles. The van der Waals surface area contributed by atoms with E-state index >= 15 is 0 Å². The highest BCUT2D eigenvalue weighted by atomic mass is 35.5. The molecule has 1 aromatic rings. The molecule has 0 radical (unpaired) electrons. The molecule has 0 atom stereocenters. The summed E-state index contributed by atoms with van der Waals surface area (Å²) in [6.07, 6.45) is 0.320. The van der Waals surface area contributed by atoms with Crippen LogP contribution in [0.15, 0.2) is 17.3 Å². The predicted molar refractivity (Wildman–Crippen MR) is 62.9 cm³/mol. The van der Waals surface area contributed by atoms with Crippen LogP contribution in [0.4, 0.5) is 10.1 Å². The summed E-state index contributed by atoms with van der Waals surface area (Å²) in [6.45, 7) is 0.376. The fourth-order valence-electron chi connectivity index (χ4n) is 1.08. The average Bonchev–Trinajstić information content (AvgIpc) is 2.21. The lowest BCUT2D eigenvalue weighted by Crippen LogP contribution is -2.16. The monoisotopic (exact) mass is 265 g/mol. The summed E-state index contributed by atoms with van der Waals surface area (Å²) in [4.78, 5) is 0. The van der Waals surface area contributed by atoms with E-state index in [1.165, 1.54) is 0 Å². The summed E-state index contributed by atoms with van der Waals surface area (Å²) in [5.41, 5.74) is 5.70. The molecule has 88 valence electrons. The van der Waals surface area contributed by atoms with Crippen molar-refractivity contribution in [1.29, 1.82) is 0 Å². The summed E-state index contributed by atoms with van der Waals surface area (Å²) in [5, 5.41) is 14.4. The van der Waals surface area contributed by atoms with E-state index < -0.39 is 5.82 Å². The van der Waals surface area contributed by atoms with Gasteiger partial charge in [-0.15, -0.1) is 0 Å². The third-order valence-electron chi connectivity index (χ3n) is 1.82. The Kier molecular flexibility index (Phi) is 4.64. The standard InChI is InChI=1S/C9H10Cl2FN3O/c10-6-3-5(12)4-7(11)9(6)14-2-1-8(13)15-16/h3-4,14,16H,1-2H2,(H2,13,15). The van der Waals surface area contributed by atoms with Gasteiger partial charge in [0.25, 0.3) is 0 Å². The van der Waals surface area contributed by atoms with Crippen molar-refractivity contribution < 1.29 is 9.60 Å². The van der Waals surface area contributed by atoms with Gasteiger partial charge in [-0.1, -0.05) is 28.4 Å². The minimum atomic E-state index is -0.503. The number of nitrogens with two attached hydrogens (primary N) is 1. The van der Waals surface area contributed by atoms with Gasteiger partial charge in [-0.05, 0) is 12.1 Å². The van der Waals surface area contributed by atoms with Crippen LogP contribution in [0.3, 0.4) is 0 Å². The van der Waals surface area contributed by atoms with Crippen LogP contribution in [0, 0.1) is 5.82 Å². The highest BCUT2D eigenvalue weighted by Crippen LogP contribution is 2.31. The van der Waals surface area contributed by atoms with E-state index in [0.29, 0.717) is 18.7 Å². The average molecular weight is 266 g/mol. The normalized spacial score (nSPS) is 11.6. The van der Waals surface area contributed by atoms with Gasteiger partial charge in [-0.25, -0.2) is 4.39 Å². The number of rotatable bonds is 4. The lowest BCUT2D eigenvalue weighted by atomic mass is 10.3. The Labute approximate surface area is 102 Å². The number of halogens is 3. The fraction of sp³-hybridized carbons (Fsp3) is 0.222. The van der Waals surface area contributed by atoms with Crippen LogP contribution in [0.2, 0.25) is 10.0 Å². The van der Waals surface area contributed by atoms with Crippen molar-refractivity contribution in [2.75, 3.05) is 11.9 Å². The van der Waals surface area contributed by atoms with Crippen molar-refractivity contribution >= 4 is 34.7 Å². The van der Waals surface area contributed by atoms with Crippen molar-refractivity contribution in [2.45, 2.75) is 6.42 Å². The van der Waals surface area contributed by atoms with Crippen molar-refractivity contribution in [3.8, 4) is 0 Å². The minimum absolute atomic E-state index is 0.0851. The fourth-order valence-corrected chi connectivity index (χ4v) is 1.67. The first-order chi connectivity index (χ1) is 7.54. The van der Waals surface area contributed by atoms with Crippen molar-refractivity contribution in [1.82, 2.24) is 0 Å². The second kappa shape index (κ2) is 5.77. The number of benzene rings is 1. The molecular weight excluding hydrogens is 256 g/mol. The molecule has 0 aliphatic heterocycles. The van der Waals surface area contributed by atoms with Crippen LogP contribution in [0.1, 0.15) is 6.42 Å². The largest absolute Gasteiger partial charge is 0.409 e. The Bertz CT molecular complexity index is 389. The molecule has 0 saturated carbocycles. The van der Waals surface area contributed by atoms with E-state index in [-0.39, 0.29) is 15.9 Å². The van der Waals surface area contributed by atoms with E-state index in [0.717, 1.165) is 12.1 Å². The maximum Gasteiger partial charge on any atom is 0.140 e. The first-order valence-electron chi connectivity index (χ1n) is 4.39. The smallest absolute Gasteiger partial charge is 0.140 e. The molecule has 16 heavy (non-hydrogen) atoms. The molecule has 0 aromatic heterocycles. The summed E-state index contributed by atoms with van der Waals surface area (Å²) in [7, 11) is 0. The maximum atomic E-state index is 12.8. The second-order valence-electron chi connectivity index (χ2n) is 3.01. The van der Waals surface area contributed by atoms with Crippen LogP contribution in [0.25, 0.3) is 0 Å². The molecule has 0 unspecified atom stereocenters. The lowest BCUT2D eigenvalue weighted by molar-refractivity contribution is 0.317. The Morgan fingerprint density at radius 1 is 1.44 bits per heavy atom. The van der Waals surface area contributed by atoms with E-state index in [1.807, 2.05) is 0 Å². The molecule has 1 rings (SSSR count). The number of nitrogens with zero attached hydrogens (tertiary/aromatic N) is 1. The van der Waals surface area contributed by atoms with Gasteiger partial charge in [0.1, 0.15) is 11.7 Å². The molecule has 0 aliphatic carbocycles. The van der Waals surface area contributed by atoms with Gasteiger partial charge < -0.3 is 16.3 Å². The zero-order valence-corrected chi connectivity index (χ0v) is 9.69. The van der Waals surface area contributed by atoms with Gasteiger partial charge in [0, 0.05) is 13.0 Å². The second-order valence-corrected chi connectivity index (χ2v) is 3.83. The van der Waals surface area contributed by atoms with E-state index in [2.05, 4.69) is 10.5 Å². The molecule has 4 N–H and O–H groups in total. The van der Waals surface area contributed by atoms with Gasteiger partial charge in [0.15, 0.2) is 0 Å². The SMILES string of the molecule is NC(CCNc1c(Cl)cc(F)cc1Cl)=NO. The highest BCUT2D eigenvalue weighted by molar-refractivity contribution is 6.39. The molecule has 4 nitrogen and oxygen atoms in total. The predicted octanol–water partition coefficient (Wildman–Crippen LogP) is 2.68. The van der Waals surface area contributed by atoms with Gasteiger partial charge >= 0.3 is 0 Å². The Morgan fingerprint density at radius 2 is 2.00 bits per heavy atom. The molecule has 7 heteroatoms. The van der Waals surface area contributed by atoms with Gasteiger partial charge in [-0.3, -0.25) is 0 Å². The zero-order valence-electron chi connectivity index (χ0n) is 8.17. The summed E-state index contributed by atoms with van der Waals surface area (Å²) >= 11 is 11.6. The number of nitrogens with one attached hydrogen (secondary N) is 1. The number of hydrogen-bond acceptors (Lipinski definition) is 3. The molecule has 0 saturated heterocycles. The van der Waals surface area contributed by atoms with Crippen LogP contribution in [-0.2, 0) is 0 Å². The number of anilines is 1. The maximum absolute atomic E-state index is 12.8. The van der Waals surface area contributed by atoms with Crippen LogP contribution in [-0.4, -0.2) is 17.6 Å². The summed E-state index contributed by atoms with van der Waals surface area (Å²) in [6, 6.07) is 2.30. The molecule has 0 spiro atoms. The van der Waals surface area contributed by atoms with Gasteiger partial charge in [-0.2, -0.15) is 0 Å². The highest BCUT2D eigenvalue weighted by Gasteiger charge is 2.07. The molecular formula is C9H10Cl2FN3O. The minimum Gasteiger partial charge on any atom is -0.409 e. The molecule has 0 aliphatic rings. The van der Waals surface area contributed by atoms with E-state index in [9.17, 15) is 4.39 Å². The lowest BCUT2D eigenvalue weighted by Gasteiger charge is -2.09. The summed E-state index contributed by atoms with van der Waals surface area (Å²) < 4.78 is 12.8.